The van der Waals surface area contributed by atoms with Crippen molar-refractivity contribution in [2.75, 3.05) is 6.54 Å². The first-order valence-corrected chi connectivity index (χ1v) is 9.12. The molecular formula is C19H25N5O3. The molecule has 0 aliphatic heterocycles. The van der Waals surface area contributed by atoms with E-state index >= 15 is 0 Å². The van der Waals surface area contributed by atoms with Gasteiger partial charge in [0.15, 0.2) is 0 Å². The van der Waals surface area contributed by atoms with Gasteiger partial charge in [-0.15, -0.1) is 0 Å². The van der Waals surface area contributed by atoms with Crippen molar-refractivity contribution in [2.45, 2.75) is 39.3 Å². The van der Waals surface area contributed by atoms with E-state index in [0.717, 1.165) is 24.1 Å². The highest BCUT2D eigenvalue weighted by atomic mass is 16.2. The minimum absolute atomic E-state index is 0.0575. The Bertz CT molecular complexity index is 910. The lowest BCUT2D eigenvalue weighted by atomic mass is 10.1. The average molecular weight is 371 g/mol. The summed E-state index contributed by atoms with van der Waals surface area (Å²) in [5, 5.41) is 9.92. The summed E-state index contributed by atoms with van der Waals surface area (Å²) in [6, 6.07) is 2.86. The molecule has 8 nitrogen and oxygen atoms in total. The van der Waals surface area contributed by atoms with Crippen molar-refractivity contribution in [1.29, 1.82) is 0 Å². The summed E-state index contributed by atoms with van der Waals surface area (Å²) in [4.78, 5) is 37.1. The molecule has 1 aliphatic rings. The van der Waals surface area contributed by atoms with Gasteiger partial charge in [-0.25, -0.2) is 0 Å². The van der Waals surface area contributed by atoms with Crippen LogP contribution in [0.5, 0.6) is 0 Å². The molecule has 2 N–H and O–H groups in total. The van der Waals surface area contributed by atoms with E-state index in [1.807, 2.05) is 27.1 Å². The fraction of sp³-hybridized carbons (Fsp3) is 0.474. The van der Waals surface area contributed by atoms with Crippen LogP contribution in [0.3, 0.4) is 0 Å². The number of pyridine rings is 1. The van der Waals surface area contributed by atoms with Crippen LogP contribution in [-0.2, 0) is 18.4 Å². The van der Waals surface area contributed by atoms with Gasteiger partial charge < -0.3 is 15.2 Å². The summed E-state index contributed by atoms with van der Waals surface area (Å²) in [7, 11) is 1.82. The monoisotopic (exact) mass is 371 g/mol. The van der Waals surface area contributed by atoms with Gasteiger partial charge in [0, 0.05) is 31.5 Å². The highest BCUT2D eigenvalue weighted by molar-refractivity contribution is 5.93. The Labute approximate surface area is 157 Å². The minimum atomic E-state index is -0.467. The summed E-state index contributed by atoms with van der Waals surface area (Å²) >= 11 is 0. The van der Waals surface area contributed by atoms with Crippen LogP contribution in [0.4, 0.5) is 0 Å². The number of aryl methyl sites for hydroxylation is 2. The van der Waals surface area contributed by atoms with E-state index in [2.05, 4.69) is 15.7 Å². The zero-order valence-electron chi connectivity index (χ0n) is 15.9. The van der Waals surface area contributed by atoms with E-state index < -0.39 is 5.56 Å². The van der Waals surface area contributed by atoms with Crippen molar-refractivity contribution in [1.82, 2.24) is 25.0 Å². The van der Waals surface area contributed by atoms with Crippen molar-refractivity contribution >= 4 is 11.8 Å². The Morgan fingerprint density at radius 1 is 1.37 bits per heavy atom. The van der Waals surface area contributed by atoms with E-state index in [9.17, 15) is 14.4 Å². The smallest absolute Gasteiger partial charge is 0.263 e. The molecule has 144 valence electrons. The molecule has 2 aromatic heterocycles. The summed E-state index contributed by atoms with van der Waals surface area (Å²) in [6.45, 7) is 4.19. The molecule has 1 aliphatic carbocycles. The molecule has 2 aromatic rings. The molecular weight excluding hydrogens is 346 g/mol. The highest BCUT2D eigenvalue weighted by Crippen LogP contribution is 2.27. The first-order chi connectivity index (χ1) is 12.8. The van der Waals surface area contributed by atoms with Crippen molar-refractivity contribution in [2.24, 2.45) is 13.0 Å². The van der Waals surface area contributed by atoms with Crippen LogP contribution in [0.1, 0.15) is 47.4 Å². The normalized spacial score (nSPS) is 14.6. The zero-order chi connectivity index (χ0) is 19.6. The van der Waals surface area contributed by atoms with Crippen molar-refractivity contribution in [3.8, 4) is 0 Å². The number of amides is 2. The second-order valence-electron chi connectivity index (χ2n) is 7.14. The van der Waals surface area contributed by atoms with Crippen molar-refractivity contribution < 1.29 is 9.59 Å². The van der Waals surface area contributed by atoms with Crippen LogP contribution in [0.2, 0.25) is 0 Å². The maximum atomic E-state index is 12.5. The molecule has 0 radical (unpaired) electrons. The maximum absolute atomic E-state index is 12.5. The Balaban J connectivity index is 1.65. The zero-order valence-corrected chi connectivity index (χ0v) is 15.9. The molecule has 2 heterocycles. The fourth-order valence-corrected chi connectivity index (χ4v) is 3.05. The summed E-state index contributed by atoms with van der Waals surface area (Å²) in [5.74, 6) is -0.160. The number of hydrogen-bond acceptors (Lipinski definition) is 4. The van der Waals surface area contributed by atoms with E-state index in [-0.39, 0.29) is 30.0 Å². The Morgan fingerprint density at radius 3 is 2.74 bits per heavy atom. The molecule has 0 saturated heterocycles. The topological polar surface area (TPSA) is 98.0 Å². The van der Waals surface area contributed by atoms with E-state index in [0.29, 0.717) is 12.5 Å². The van der Waals surface area contributed by atoms with Gasteiger partial charge in [-0.1, -0.05) is 0 Å². The number of carbonyl (C=O) groups excluding carboxylic acids is 2. The molecule has 8 heteroatoms. The van der Waals surface area contributed by atoms with E-state index in [1.54, 1.807) is 10.7 Å². The largest absolute Gasteiger partial charge is 0.352 e. The molecule has 1 saturated carbocycles. The number of nitrogens with zero attached hydrogens (tertiary/aromatic N) is 3. The highest BCUT2D eigenvalue weighted by Gasteiger charge is 2.23. The van der Waals surface area contributed by atoms with E-state index in [1.165, 1.54) is 16.8 Å². The van der Waals surface area contributed by atoms with E-state index in [4.69, 9.17) is 0 Å². The third kappa shape index (κ3) is 4.64. The molecule has 0 unspecified atom stereocenters. The van der Waals surface area contributed by atoms with Gasteiger partial charge in [0.2, 0.25) is 5.91 Å². The molecule has 27 heavy (non-hydrogen) atoms. The number of nitrogens with one attached hydrogen (secondary N) is 2. The van der Waals surface area contributed by atoms with Crippen LogP contribution in [-0.4, -0.2) is 32.7 Å². The summed E-state index contributed by atoms with van der Waals surface area (Å²) < 4.78 is 2.95. The summed E-state index contributed by atoms with van der Waals surface area (Å²) in [5.41, 5.74) is 1.36. The molecule has 3 rings (SSSR count). The predicted molar refractivity (Wildman–Crippen MR) is 100 cm³/mol. The average Bonchev–Trinajstić information content (AvgIpc) is 3.37. The molecule has 0 bridgehead atoms. The quantitative estimate of drug-likeness (QED) is 0.756. The summed E-state index contributed by atoms with van der Waals surface area (Å²) in [6.07, 6.45) is 5.61. The van der Waals surface area contributed by atoms with Crippen LogP contribution in [0, 0.1) is 12.8 Å². The van der Waals surface area contributed by atoms with Crippen LogP contribution in [0.15, 0.2) is 29.3 Å². The lowest BCUT2D eigenvalue weighted by Gasteiger charge is -2.14. The Kier molecular flexibility index (Phi) is 5.43. The van der Waals surface area contributed by atoms with Gasteiger partial charge in [-0.05, 0) is 44.7 Å². The number of carbonyl (C=O) groups is 2. The standard InChI is InChI=1S/C19H25N5O3/c1-12(16-10-23(3)22-13(16)2)21-17(25)11-24-8-4-5-15(19(24)27)18(26)20-9-14-6-7-14/h4-5,8,10,12,14H,6-7,9,11H2,1-3H3,(H,20,26)(H,21,25)/t12-/m0/s1. The van der Waals surface area contributed by atoms with Crippen LogP contribution < -0.4 is 16.2 Å². The SMILES string of the molecule is Cc1nn(C)cc1[C@H](C)NC(=O)Cn1cccc(C(=O)NCC2CC2)c1=O. The lowest BCUT2D eigenvalue weighted by molar-refractivity contribution is -0.122. The number of aromatic nitrogens is 3. The Hall–Kier alpha value is -2.90. The second-order valence-corrected chi connectivity index (χ2v) is 7.14. The second kappa shape index (κ2) is 7.77. The molecule has 0 spiro atoms. The third-order valence-corrected chi connectivity index (χ3v) is 4.72. The lowest BCUT2D eigenvalue weighted by Crippen LogP contribution is -2.37. The molecule has 2 amide bonds. The van der Waals surface area contributed by atoms with Crippen LogP contribution in [0.25, 0.3) is 0 Å². The fourth-order valence-electron chi connectivity index (χ4n) is 3.05. The van der Waals surface area contributed by atoms with Crippen molar-refractivity contribution in [3.63, 3.8) is 0 Å². The van der Waals surface area contributed by atoms with Crippen molar-refractivity contribution in [3.05, 3.63) is 51.7 Å². The molecule has 0 aromatic carbocycles. The molecule has 1 fully saturated rings. The first kappa shape index (κ1) is 18.9. The number of hydrogen-bond donors (Lipinski definition) is 2. The van der Waals surface area contributed by atoms with Gasteiger partial charge in [0.1, 0.15) is 12.1 Å². The minimum Gasteiger partial charge on any atom is -0.352 e. The first-order valence-electron chi connectivity index (χ1n) is 9.12. The van der Waals surface area contributed by atoms with Crippen LogP contribution >= 0.6 is 0 Å². The van der Waals surface area contributed by atoms with Gasteiger partial charge in [-0.3, -0.25) is 19.1 Å². The molecule has 1 atom stereocenters. The van der Waals surface area contributed by atoms with Gasteiger partial charge >= 0.3 is 0 Å². The third-order valence-electron chi connectivity index (χ3n) is 4.72. The van der Waals surface area contributed by atoms with Gasteiger partial charge in [0.25, 0.3) is 11.5 Å². The predicted octanol–water partition coefficient (Wildman–Crippen LogP) is 0.907. The van der Waals surface area contributed by atoms with Gasteiger partial charge in [-0.2, -0.15) is 5.10 Å². The van der Waals surface area contributed by atoms with Gasteiger partial charge in [0.05, 0.1) is 11.7 Å². The maximum Gasteiger partial charge on any atom is 0.263 e. The Morgan fingerprint density at radius 2 is 2.11 bits per heavy atom. The number of rotatable bonds is 7.